The number of carbonyl (C=O) groups is 2. The van der Waals surface area contributed by atoms with Crippen LogP contribution < -0.4 is 0 Å². The molecular formula is C12H14FNO4. The van der Waals surface area contributed by atoms with Crippen molar-refractivity contribution in [1.29, 1.82) is 0 Å². The van der Waals surface area contributed by atoms with Crippen LogP contribution in [0.3, 0.4) is 0 Å². The lowest BCUT2D eigenvalue weighted by molar-refractivity contribution is -0.137. The van der Waals surface area contributed by atoms with Crippen LogP contribution in [0.2, 0.25) is 0 Å². The van der Waals surface area contributed by atoms with Crippen LogP contribution in [0, 0.1) is 5.82 Å². The molecular weight excluding hydrogens is 241 g/mol. The van der Waals surface area contributed by atoms with E-state index in [1.165, 1.54) is 24.1 Å². The van der Waals surface area contributed by atoms with Gasteiger partial charge >= 0.3 is 5.97 Å². The Bertz CT molecular complexity index is 441. The van der Waals surface area contributed by atoms with Crippen molar-refractivity contribution < 1.29 is 24.2 Å². The fraction of sp³-hybridized carbons (Fsp3) is 0.333. The first-order valence-corrected chi connectivity index (χ1v) is 5.38. The zero-order chi connectivity index (χ0) is 13.7. The van der Waals surface area contributed by atoms with E-state index in [1.54, 1.807) is 0 Å². The average Bonchev–Trinajstić information content (AvgIpc) is 2.27. The third-order valence-corrected chi connectivity index (χ3v) is 2.44. The molecule has 2 N–H and O–H groups in total. The molecule has 1 rings (SSSR count). The average molecular weight is 255 g/mol. The number of rotatable bonds is 5. The molecule has 0 aromatic heterocycles. The summed E-state index contributed by atoms with van der Waals surface area (Å²) in [5, 5.41) is 17.9. The fourth-order valence-corrected chi connectivity index (χ4v) is 1.48. The number of aromatic hydroxyl groups is 1. The number of aliphatic carboxylic acids is 1. The Morgan fingerprint density at radius 3 is 2.61 bits per heavy atom. The van der Waals surface area contributed by atoms with Crippen molar-refractivity contribution in [3.8, 4) is 5.75 Å². The summed E-state index contributed by atoms with van der Waals surface area (Å²) >= 11 is 0. The normalized spacial score (nSPS) is 10.1. The second-order valence-electron chi connectivity index (χ2n) is 3.86. The van der Waals surface area contributed by atoms with Gasteiger partial charge in [0.25, 0.3) is 5.91 Å². The highest BCUT2D eigenvalue weighted by Gasteiger charge is 2.19. The standard InChI is InChI=1S/C12H14FNO4/c1-14(7-3-6-10(16)17)12(18)11-8(13)4-2-5-9(11)15/h2,4-5,15H,3,6-7H2,1H3,(H,16,17). The van der Waals surface area contributed by atoms with Crippen LogP contribution in [0.5, 0.6) is 5.75 Å². The van der Waals surface area contributed by atoms with Gasteiger partial charge in [-0.1, -0.05) is 6.07 Å². The van der Waals surface area contributed by atoms with Crippen LogP contribution in [-0.2, 0) is 4.79 Å². The molecule has 0 aliphatic carbocycles. The Morgan fingerprint density at radius 1 is 1.39 bits per heavy atom. The number of phenolic OH excluding ortho intramolecular Hbond substituents is 1. The summed E-state index contributed by atoms with van der Waals surface area (Å²) in [6.07, 6.45) is 0.202. The van der Waals surface area contributed by atoms with Gasteiger partial charge in [-0.05, 0) is 18.6 Å². The number of hydrogen-bond donors (Lipinski definition) is 2. The Balaban J connectivity index is 2.72. The maximum absolute atomic E-state index is 13.4. The van der Waals surface area contributed by atoms with Gasteiger partial charge in [-0.2, -0.15) is 0 Å². The second-order valence-corrected chi connectivity index (χ2v) is 3.86. The SMILES string of the molecule is CN(CCCC(=O)O)C(=O)c1c(O)cccc1F. The van der Waals surface area contributed by atoms with Crippen molar-refractivity contribution >= 4 is 11.9 Å². The number of carboxylic acids is 1. The largest absolute Gasteiger partial charge is 0.507 e. The van der Waals surface area contributed by atoms with Gasteiger partial charge in [0.05, 0.1) is 0 Å². The molecule has 98 valence electrons. The minimum absolute atomic E-state index is 0.0686. The van der Waals surface area contributed by atoms with Gasteiger partial charge in [-0.15, -0.1) is 0 Å². The number of carbonyl (C=O) groups excluding carboxylic acids is 1. The molecule has 6 heteroatoms. The Hall–Kier alpha value is -2.11. The number of halogens is 1. The Morgan fingerprint density at radius 2 is 2.06 bits per heavy atom. The number of hydrogen-bond acceptors (Lipinski definition) is 3. The molecule has 0 atom stereocenters. The number of nitrogens with zero attached hydrogens (tertiary/aromatic N) is 1. The van der Waals surface area contributed by atoms with Gasteiger partial charge in [0.15, 0.2) is 0 Å². The van der Waals surface area contributed by atoms with Crippen molar-refractivity contribution in [3.05, 3.63) is 29.6 Å². The molecule has 0 aliphatic rings. The highest BCUT2D eigenvalue weighted by molar-refractivity contribution is 5.96. The third kappa shape index (κ3) is 3.44. The summed E-state index contributed by atoms with van der Waals surface area (Å²) in [5.41, 5.74) is -0.393. The second kappa shape index (κ2) is 6.00. The predicted octanol–water partition coefficient (Wildman–Crippen LogP) is 1.47. The van der Waals surface area contributed by atoms with Gasteiger partial charge in [0, 0.05) is 20.0 Å². The van der Waals surface area contributed by atoms with Gasteiger partial charge in [-0.3, -0.25) is 9.59 Å². The predicted molar refractivity (Wildman–Crippen MR) is 61.9 cm³/mol. The summed E-state index contributed by atoms with van der Waals surface area (Å²) in [4.78, 5) is 23.3. The van der Waals surface area contributed by atoms with Crippen molar-refractivity contribution in [3.63, 3.8) is 0 Å². The molecule has 0 bridgehead atoms. The van der Waals surface area contributed by atoms with Gasteiger partial charge < -0.3 is 15.1 Å². The number of phenols is 1. The molecule has 0 spiro atoms. The highest BCUT2D eigenvalue weighted by atomic mass is 19.1. The molecule has 1 aromatic rings. The topological polar surface area (TPSA) is 77.8 Å². The summed E-state index contributed by atoms with van der Waals surface area (Å²) < 4.78 is 13.4. The molecule has 0 saturated heterocycles. The fourth-order valence-electron chi connectivity index (χ4n) is 1.48. The van der Waals surface area contributed by atoms with Crippen molar-refractivity contribution in [1.82, 2.24) is 4.90 Å². The van der Waals surface area contributed by atoms with Crippen molar-refractivity contribution in [2.45, 2.75) is 12.8 Å². The highest BCUT2D eigenvalue weighted by Crippen LogP contribution is 2.21. The molecule has 0 saturated carbocycles. The zero-order valence-electron chi connectivity index (χ0n) is 9.89. The van der Waals surface area contributed by atoms with Crippen LogP contribution in [0.25, 0.3) is 0 Å². The quantitative estimate of drug-likeness (QED) is 0.835. The Labute approximate surface area is 103 Å². The van der Waals surface area contributed by atoms with E-state index in [0.717, 1.165) is 6.07 Å². The summed E-state index contributed by atoms with van der Waals surface area (Å²) in [5.74, 6) is -2.85. The van der Waals surface area contributed by atoms with E-state index in [1.807, 2.05) is 0 Å². The first-order valence-electron chi connectivity index (χ1n) is 5.38. The van der Waals surface area contributed by atoms with Crippen LogP contribution >= 0.6 is 0 Å². The first-order chi connectivity index (χ1) is 8.43. The third-order valence-electron chi connectivity index (χ3n) is 2.44. The molecule has 18 heavy (non-hydrogen) atoms. The molecule has 0 fully saturated rings. The van der Waals surface area contributed by atoms with Gasteiger partial charge in [-0.25, -0.2) is 4.39 Å². The van der Waals surface area contributed by atoms with E-state index in [0.29, 0.717) is 0 Å². The lowest BCUT2D eigenvalue weighted by atomic mass is 10.1. The minimum atomic E-state index is -0.954. The van der Waals surface area contributed by atoms with Crippen LogP contribution in [0.15, 0.2) is 18.2 Å². The molecule has 0 radical (unpaired) electrons. The number of amides is 1. The lowest BCUT2D eigenvalue weighted by Crippen LogP contribution is -2.29. The smallest absolute Gasteiger partial charge is 0.303 e. The van der Waals surface area contributed by atoms with Crippen molar-refractivity contribution in [2.24, 2.45) is 0 Å². The van der Waals surface area contributed by atoms with Crippen LogP contribution in [0.4, 0.5) is 4.39 Å². The van der Waals surface area contributed by atoms with E-state index in [2.05, 4.69) is 0 Å². The van der Waals surface area contributed by atoms with E-state index in [9.17, 15) is 19.1 Å². The maximum atomic E-state index is 13.4. The van der Waals surface area contributed by atoms with Gasteiger partial charge in [0.2, 0.25) is 0 Å². The summed E-state index contributed by atoms with van der Waals surface area (Å²) in [6, 6.07) is 3.60. The molecule has 0 aliphatic heterocycles. The van der Waals surface area contributed by atoms with Gasteiger partial charge in [0.1, 0.15) is 17.1 Å². The molecule has 0 heterocycles. The van der Waals surface area contributed by atoms with Crippen LogP contribution in [-0.4, -0.2) is 40.6 Å². The van der Waals surface area contributed by atoms with E-state index >= 15 is 0 Å². The monoisotopic (exact) mass is 255 g/mol. The number of carboxylic acid groups (broad SMARTS) is 1. The minimum Gasteiger partial charge on any atom is -0.507 e. The summed E-state index contributed by atoms with van der Waals surface area (Å²) in [6.45, 7) is 0.179. The van der Waals surface area contributed by atoms with Crippen molar-refractivity contribution in [2.75, 3.05) is 13.6 Å². The molecule has 0 unspecified atom stereocenters. The Kier molecular flexibility index (Phi) is 4.65. The van der Waals surface area contributed by atoms with Crippen LogP contribution in [0.1, 0.15) is 23.2 Å². The van der Waals surface area contributed by atoms with E-state index in [-0.39, 0.29) is 19.4 Å². The first kappa shape index (κ1) is 14.0. The molecule has 1 aromatic carbocycles. The zero-order valence-corrected chi connectivity index (χ0v) is 9.89. The lowest BCUT2D eigenvalue weighted by Gasteiger charge is -2.17. The van der Waals surface area contributed by atoms with E-state index < -0.39 is 29.0 Å². The molecule has 1 amide bonds. The maximum Gasteiger partial charge on any atom is 0.303 e. The molecule has 5 nitrogen and oxygen atoms in total. The van der Waals surface area contributed by atoms with E-state index in [4.69, 9.17) is 5.11 Å². The number of benzene rings is 1. The summed E-state index contributed by atoms with van der Waals surface area (Å²) in [7, 11) is 1.43.